The minimum atomic E-state index is -0.586. The zero-order valence-electron chi connectivity index (χ0n) is 17.7. The van der Waals surface area contributed by atoms with E-state index < -0.39 is 5.97 Å². The highest BCUT2D eigenvalue weighted by Gasteiger charge is 2.19. The molecule has 7 nitrogen and oxygen atoms in total. The van der Waals surface area contributed by atoms with Gasteiger partial charge < -0.3 is 23.7 Å². The topological polar surface area (TPSA) is 76.1 Å². The number of pyridine rings is 1. The van der Waals surface area contributed by atoms with E-state index in [0.717, 1.165) is 11.1 Å². The number of esters is 1. The van der Waals surface area contributed by atoms with E-state index in [1.807, 2.05) is 30.4 Å². The fourth-order valence-electron chi connectivity index (χ4n) is 2.90. The van der Waals surface area contributed by atoms with Crippen LogP contribution in [0.2, 0.25) is 0 Å². The monoisotopic (exact) mass is 421 g/mol. The van der Waals surface area contributed by atoms with Crippen molar-refractivity contribution in [2.45, 2.75) is 0 Å². The van der Waals surface area contributed by atoms with Gasteiger partial charge in [-0.25, -0.2) is 4.79 Å². The van der Waals surface area contributed by atoms with Crippen molar-refractivity contribution in [3.05, 3.63) is 71.5 Å². The predicted octanol–water partition coefficient (Wildman–Crippen LogP) is 4.51. The van der Waals surface area contributed by atoms with Gasteiger partial charge in [0.15, 0.2) is 23.0 Å². The van der Waals surface area contributed by atoms with Gasteiger partial charge in [0.25, 0.3) is 0 Å². The molecule has 0 aliphatic carbocycles. The van der Waals surface area contributed by atoms with Crippen molar-refractivity contribution >= 4 is 18.1 Å². The summed E-state index contributed by atoms with van der Waals surface area (Å²) in [5, 5.41) is 0. The molecule has 0 unspecified atom stereocenters. The van der Waals surface area contributed by atoms with E-state index in [2.05, 4.69) is 4.98 Å². The van der Waals surface area contributed by atoms with Crippen LogP contribution in [-0.2, 0) is 0 Å². The summed E-state index contributed by atoms with van der Waals surface area (Å²) in [7, 11) is 5.97. The lowest BCUT2D eigenvalue weighted by molar-refractivity contribution is 0.0729. The Kier molecular flexibility index (Phi) is 7.11. The normalized spacial score (nSPS) is 10.6. The Balaban J connectivity index is 1.84. The zero-order valence-corrected chi connectivity index (χ0v) is 17.7. The van der Waals surface area contributed by atoms with Crippen molar-refractivity contribution in [3.8, 4) is 28.7 Å². The van der Waals surface area contributed by atoms with Crippen molar-refractivity contribution in [2.75, 3.05) is 28.4 Å². The van der Waals surface area contributed by atoms with Gasteiger partial charge in [-0.1, -0.05) is 18.2 Å². The lowest BCUT2D eigenvalue weighted by Gasteiger charge is -2.14. The summed E-state index contributed by atoms with van der Waals surface area (Å²) in [6, 6.07) is 12.2. The minimum Gasteiger partial charge on any atom is -0.493 e. The van der Waals surface area contributed by atoms with Gasteiger partial charge in [-0.05, 0) is 47.5 Å². The number of methoxy groups -OCH3 is 4. The Hall–Kier alpha value is -4.00. The summed E-state index contributed by atoms with van der Waals surface area (Å²) >= 11 is 0. The highest BCUT2D eigenvalue weighted by molar-refractivity contribution is 5.93. The smallest absolute Gasteiger partial charge is 0.343 e. The molecule has 0 saturated heterocycles. The lowest BCUT2D eigenvalue weighted by atomic mass is 10.1. The first kappa shape index (κ1) is 21.7. The second kappa shape index (κ2) is 10.2. The van der Waals surface area contributed by atoms with Crippen LogP contribution in [0.3, 0.4) is 0 Å². The number of benzene rings is 2. The molecule has 0 aliphatic rings. The summed E-state index contributed by atoms with van der Waals surface area (Å²) < 4.78 is 26.8. The van der Waals surface area contributed by atoms with Gasteiger partial charge in [-0.3, -0.25) is 4.98 Å². The van der Waals surface area contributed by atoms with Gasteiger partial charge in [0.05, 0.1) is 34.0 Å². The maximum atomic E-state index is 12.8. The standard InChI is InChI=1S/C24H23NO6/c1-27-20-13-17(6-5-16-9-11-25-12-10-16)7-8-19(20)31-24(26)18-14-21(28-2)23(30-4)22(15-18)29-3/h5-15H,1-4H3/b6-5+. The quantitative estimate of drug-likeness (QED) is 0.391. The summed E-state index contributed by atoms with van der Waals surface area (Å²) in [5.41, 5.74) is 2.16. The van der Waals surface area contributed by atoms with Crippen molar-refractivity contribution in [1.82, 2.24) is 4.98 Å². The van der Waals surface area contributed by atoms with Crippen LogP contribution in [0.25, 0.3) is 12.2 Å². The SMILES string of the molecule is COc1cc(/C=C/c2ccncc2)ccc1OC(=O)c1cc(OC)c(OC)c(OC)c1. The molecule has 0 atom stereocenters. The number of carbonyl (C=O) groups is 1. The number of nitrogens with zero attached hydrogens (tertiary/aromatic N) is 1. The molecular weight excluding hydrogens is 398 g/mol. The fourth-order valence-corrected chi connectivity index (χ4v) is 2.90. The van der Waals surface area contributed by atoms with Crippen LogP contribution in [0.1, 0.15) is 21.5 Å². The number of hydrogen-bond acceptors (Lipinski definition) is 7. The highest BCUT2D eigenvalue weighted by atomic mass is 16.6. The molecule has 0 saturated carbocycles. The maximum absolute atomic E-state index is 12.8. The van der Waals surface area contributed by atoms with Gasteiger partial charge in [-0.15, -0.1) is 0 Å². The Bertz CT molecular complexity index is 1050. The molecule has 160 valence electrons. The molecule has 0 spiro atoms. The first-order valence-corrected chi connectivity index (χ1v) is 9.38. The molecule has 1 heterocycles. The third-order valence-electron chi connectivity index (χ3n) is 4.47. The number of aromatic nitrogens is 1. The largest absolute Gasteiger partial charge is 0.493 e. The van der Waals surface area contributed by atoms with E-state index in [4.69, 9.17) is 23.7 Å². The van der Waals surface area contributed by atoms with Crippen molar-refractivity contribution in [2.24, 2.45) is 0 Å². The average Bonchev–Trinajstić information content (AvgIpc) is 2.82. The Morgan fingerprint density at radius 2 is 1.32 bits per heavy atom. The second-order valence-corrected chi connectivity index (χ2v) is 6.33. The Labute approximate surface area is 180 Å². The molecule has 0 aliphatic heterocycles. The zero-order chi connectivity index (χ0) is 22.2. The van der Waals surface area contributed by atoms with E-state index in [0.29, 0.717) is 28.7 Å². The van der Waals surface area contributed by atoms with Crippen LogP contribution in [0.15, 0.2) is 54.9 Å². The molecule has 3 rings (SSSR count). The summed E-state index contributed by atoms with van der Waals surface area (Å²) in [6.07, 6.45) is 7.35. The Morgan fingerprint density at radius 1 is 0.710 bits per heavy atom. The van der Waals surface area contributed by atoms with E-state index in [9.17, 15) is 4.79 Å². The first-order valence-electron chi connectivity index (χ1n) is 9.38. The molecule has 0 radical (unpaired) electrons. The van der Waals surface area contributed by atoms with E-state index >= 15 is 0 Å². The number of rotatable bonds is 8. The van der Waals surface area contributed by atoms with E-state index in [1.165, 1.54) is 40.6 Å². The number of hydrogen-bond donors (Lipinski definition) is 0. The molecule has 0 N–H and O–H groups in total. The van der Waals surface area contributed by atoms with Gasteiger partial charge in [0, 0.05) is 12.4 Å². The Morgan fingerprint density at radius 3 is 1.90 bits per heavy atom. The number of ether oxygens (including phenoxy) is 5. The lowest BCUT2D eigenvalue weighted by Crippen LogP contribution is -2.10. The van der Waals surface area contributed by atoms with E-state index in [-0.39, 0.29) is 5.56 Å². The van der Waals surface area contributed by atoms with Crippen molar-refractivity contribution < 1.29 is 28.5 Å². The van der Waals surface area contributed by atoms with Crippen LogP contribution >= 0.6 is 0 Å². The van der Waals surface area contributed by atoms with Crippen LogP contribution in [0.4, 0.5) is 0 Å². The average molecular weight is 421 g/mol. The minimum absolute atomic E-state index is 0.248. The third-order valence-corrected chi connectivity index (χ3v) is 4.47. The van der Waals surface area contributed by atoms with E-state index in [1.54, 1.807) is 24.5 Å². The number of carbonyl (C=O) groups excluding carboxylic acids is 1. The van der Waals surface area contributed by atoms with Crippen LogP contribution in [0, 0.1) is 0 Å². The second-order valence-electron chi connectivity index (χ2n) is 6.33. The third kappa shape index (κ3) is 5.14. The fraction of sp³-hybridized carbons (Fsp3) is 0.167. The summed E-state index contributed by atoms with van der Waals surface area (Å²) in [5.74, 6) is 1.25. The molecular formula is C24H23NO6. The molecule has 31 heavy (non-hydrogen) atoms. The molecule has 0 fully saturated rings. The van der Waals surface area contributed by atoms with Crippen molar-refractivity contribution in [1.29, 1.82) is 0 Å². The molecule has 0 amide bonds. The molecule has 1 aromatic heterocycles. The molecule has 3 aromatic rings. The first-order chi connectivity index (χ1) is 15.1. The van der Waals surface area contributed by atoms with Gasteiger partial charge >= 0.3 is 5.97 Å². The molecule has 0 bridgehead atoms. The molecule has 2 aromatic carbocycles. The van der Waals surface area contributed by atoms with Gasteiger partial charge in [0.2, 0.25) is 5.75 Å². The summed E-state index contributed by atoms with van der Waals surface area (Å²) in [4.78, 5) is 16.8. The predicted molar refractivity (Wildman–Crippen MR) is 117 cm³/mol. The van der Waals surface area contributed by atoms with Crippen LogP contribution < -0.4 is 23.7 Å². The van der Waals surface area contributed by atoms with Crippen LogP contribution in [0.5, 0.6) is 28.7 Å². The van der Waals surface area contributed by atoms with Gasteiger partial charge in [0.1, 0.15) is 0 Å². The van der Waals surface area contributed by atoms with Gasteiger partial charge in [-0.2, -0.15) is 0 Å². The summed E-state index contributed by atoms with van der Waals surface area (Å²) in [6.45, 7) is 0. The highest BCUT2D eigenvalue weighted by Crippen LogP contribution is 2.39. The van der Waals surface area contributed by atoms with Crippen molar-refractivity contribution in [3.63, 3.8) is 0 Å². The maximum Gasteiger partial charge on any atom is 0.343 e. The van der Waals surface area contributed by atoms with Crippen LogP contribution in [-0.4, -0.2) is 39.4 Å². The molecule has 7 heteroatoms.